The Hall–Kier alpha value is -2.82. The molecule has 0 fully saturated rings. The predicted molar refractivity (Wildman–Crippen MR) is 84.9 cm³/mol. The van der Waals surface area contributed by atoms with E-state index >= 15 is 0 Å². The number of benzene rings is 2. The van der Waals surface area contributed by atoms with Crippen LogP contribution < -0.4 is 9.47 Å². The summed E-state index contributed by atoms with van der Waals surface area (Å²) in [4.78, 5) is 23.6. The zero-order valence-corrected chi connectivity index (χ0v) is 13.2. The highest BCUT2D eigenvalue weighted by atomic mass is 16.5. The molecule has 5 heteroatoms. The van der Waals surface area contributed by atoms with Gasteiger partial charge in [-0.3, -0.25) is 0 Å². The minimum absolute atomic E-state index is 0.0638. The summed E-state index contributed by atoms with van der Waals surface area (Å²) in [5.41, 5.74) is 0.711. The first-order chi connectivity index (χ1) is 11.0. The molecule has 0 unspecified atom stereocenters. The topological polar surface area (TPSA) is 61.8 Å². The van der Waals surface area contributed by atoms with Crippen molar-refractivity contribution in [2.45, 2.75) is 20.0 Å². The number of esters is 2. The van der Waals surface area contributed by atoms with Crippen LogP contribution in [0.25, 0.3) is 0 Å². The van der Waals surface area contributed by atoms with Crippen LogP contribution in [-0.2, 0) is 4.74 Å². The SMILES string of the molecule is COC(=O)c1cccc(OC(=O)c2ccc(OC(C)C)cc2)c1. The number of hydrogen-bond donors (Lipinski definition) is 0. The van der Waals surface area contributed by atoms with E-state index in [0.29, 0.717) is 16.9 Å². The number of methoxy groups -OCH3 is 1. The Bertz CT molecular complexity index is 689. The Balaban J connectivity index is 2.08. The molecule has 2 aromatic rings. The molecule has 23 heavy (non-hydrogen) atoms. The lowest BCUT2D eigenvalue weighted by Crippen LogP contribution is -2.10. The molecular formula is C18H18O5. The number of carbonyl (C=O) groups excluding carboxylic acids is 2. The smallest absolute Gasteiger partial charge is 0.343 e. The fraction of sp³-hybridized carbons (Fsp3) is 0.222. The van der Waals surface area contributed by atoms with E-state index in [1.54, 1.807) is 42.5 Å². The van der Waals surface area contributed by atoms with Crippen LogP contribution in [0.1, 0.15) is 34.6 Å². The summed E-state index contributed by atoms with van der Waals surface area (Å²) < 4.78 is 15.4. The van der Waals surface area contributed by atoms with Gasteiger partial charge in [0.15, 0.2) is 0 Å². The summed E-state index contributed by atoms with van der Waals surface area (Å²) in [7, 11) is 1.29. The molecule has 2 rings (SSSR count). The van der Waals surface area contributed by atoms with Crippen molar-refractivity contribution in [2.24, 2.45) is 0 Å². The van der Waals surface area contributed by atoms with Crippen LogP contribution in [0.15, 0.2) is 48.5 Å². The molecule has 0 amide bonds. The molecule has 0 saturated carbocycles. The molecule has 120 valence electrons. The van der Waals surface area contributed by atoms with Crippen LogP contribution in [0.5, 0.6) is 11.5 Å². The van der Waals surface area contributed by atoms with Crippen LogP contribution >= 0.6 is 0 Å². The highest BCUT2D eigenvalue weighted by Crippen LogP contribution is 2.18. The minimum Gasteiger partial charge on any atom is -0.491 e. The highest BCUT2D eigenvalue weighted by molar-refractivity contribution is 5.92. The molecule has 0 aliphatic heterocycles. The lowest BCUT2D eigenvalue weighted by atomic mass is 10.2. The van der Waals surface area contributed by atoms with Crippen molar-refractivity contribution in [3.8, 4) is 11.5 Å². The van der Waals surface area contributed by atoms with E-state index in [-0.39, 0.29) is 11.9 Å². The first kappa shape index (κ1) is 16.5. The maximum atomic E-state index is 12.1. The molecule has 5 nitrogen and oxygen atoms in total. The molecule has 0 radical (unpaired) electrons. The van der Waals surface area contributed by atoms with E-state index in [2.05, 4.69) is 4.74 Å². The Kier molecular flexibility index (Phi) is 5.36. The number of ether oxygens (including phenoxy) is 3. The van der Waals surface area contributed by atoms with Crippen molar-refractivity contribution < 1.29 is 23.8 Å². The Morgan fingerprint density at radius 2 is 1.57 bits per heavy atom. The molecule has 0 aromatic heterocycles. The average Bonchev–Trinajstić information content (AvgIpc) is 2.54. The van der Waals surface area contributed by atoms with Gasteiger partial charge in [-0.15, -0.1) is 0 Å². The van der Waals surface area contributed by atoms with Gasteiger partial charge < -0.3 is 14.2 Å². The average molecular weight is 314 g/mol. The quantitative estimate of drug-likeness (QED) is 0.624. The van der Waals surface area contributed by atoms with E-state index in [9.17, 15) is 9.59 Å². The Labute approximate surface area is 134 Å². The summed E-state index contributed by atoms with van der Waals surface area (Å²) in [6.07, 6.45) is 0.0638. The third-order valence-electron chi connectivity index (χ3n) is 2.93. The normalized spacial score (nSPS) is 10.3. The molecule has 0 bridgehead atoms. The zero-order valence-electron chi connectivity index (χ0n) is 13.2. The summed E-state index contributed by atoms with van der Waals surface area (Å²) in [5.74, 6) is -0.0363. The van der Waals surface area contributed by atoms with Gasteiger partial charge in [-0.25, -0.2) is 9.59 Å². The molecule has 0 aliphatic carbocycles. The van der Waals surface area contributed by atoms with Crippen LogP contribution in [0.2, 0.25) is 0 Å². The van der Waals surface area contributed by atoms with Gasteiger partial charge in [0.2, 0.25) is 0 Å². The first-order valence-corrected chi connectivity index (χ1v) is 7.17. The lowest BCUT2D eigenvalue weighted by molar-refractivity contribution is 0.0597. The van der Waals surface area contributed by atoms with Crippen molar-refractivity contribution in [3.63, 3.8) is 0 Å². The second-order valence-electron chi connectivity index (χ2n) is 5.10. The van der Waals surface area contributed by atoms with Gasteiger partial charge in [-0.05, 0) is 56.3 Å². The third kappa shape index (κ3) is 4.57. The fourth-order valence-corrected chi connectivity index (χ4v) is 1.91. The first-order valence-electron chi connectivity index (χ1n) is 7.17. The Morgan fingerprint density at radius 1 is 0.870 bits per heavy atom. The summed E-state index contributed by atoms with van der Waals surface area (Å²) in [6, 6.07) is 12.9. The van der Waals surface area contributed by atoms with Crippen molar-refractivity contribution >= 4 is 11.9 Å². The Morgan fingerprint density at radius 3 is 2.17 bits per heavy atom. The van der Waals surface area contributed by atoms with Crippen molar-refractivity contribution in [2.75, 3.05) is 7.11 Å². The number of carbonyl (C=O) groups is 2. The van der Waals surface area contributed by atoms with Gasteiger partial charge in [0.05, 0.1) is 24.3 Å². The molecule has 0 aliphatic rings. The van der Waals surface area contributed by atoms with Gasteiger partial charge in [0.1, 0.15) is 11.5 Å². The highest BCUT2D eigenvalue weighted by Gasteiger charge is 2.11. The lowest BCUT2D eigenvalue weighted by Gasteiger charge is -2.10. The van der Waals surface area contributed by atoms with Crippen LogP contribution in [0.3, 0.4) is 0 Å². The van der Waals surface area contributed by atoms with Crippen LogP contribution in [0, 0.1) is 0 Å². The van der Waals surface area contributed by atoms with Crippen molar-refractivity contribution in [3.05, 3.63) is 59.7 Å². The third-order valence-corrected chi connectivity index (χ3v) is 2.93. The summed E-state index contributed by atoms with van der Waals surface area (Å²) in [6.45, 7) is 3.85. The van der Waals surface area contributed by atoms with E-state index in [1.807, 2.05) is 13.8 Å². The maximum absolute atomic E-state index is 12.1. The van der Waals surface area contributed by atoms with Crippen LogP contribution in [0.4, 0.5) is 0 Å². The number of rotatable bonds is 5. The van der Waals surface area contributed by atoms with E-state index in [1.165, 1.54) is 13.2 Å². The second-order valence-corrected chi connectivity index (χ2v) is 5.10. The molecule has 0 saturated heterocycles. The van der Waals surface area contributed by atoms with Gasteiger partial charge in [-0.2, -0.15) is 0 Å². The van der Waals surface area contributed by atoms with Gasteiger partial charge in [-0.1, -0.05) is 6.07 Å². The minimum atomic E-state index is -0.511. The molecule has 0 heterocycles. The molecule has 0 N–H and O–H groups in total. The molecule has 0 atom stereocenters. The number of hydrogen-bond acceptors (Lipinski definition) is 5. The molecule has 0 spiro atoms. The van der Waals surface area contributed by atoms with Crippen molar-refractivity contribution in [1.82, 2.24) is 0 Å². The maximum Gasteiger partial charge on any atom is 0.343 e. The predicted octanol–water partition coefficient (Wildman–Crippen LogP) is 3.48. The van der Waals surface area contributed by atoms with Gasteiger partial charge in [0, 0.05) is 0 Å². The van der Waals surface area contributed by atoms with Crippen molar-refractivity contribution in [1.29, 1.82) is 0 Å². The van der Waals surface area contributed by atoms with E-state index in [4.69, 9.17) is 9.47 Å². The zero-order chi connectivity index (χ0) is 16.8. The molecule has 2 aromatic carbocycles. The summed E-state index contributed by atoms with van der Waals surface area (Å²) >= 11 is 0. The monoisotopic (exact) mass is 314 g/mol. The fourth-order valence-electron chi connectivity index (χ4n) is 1.91. The summed E-state index contributed by atoms with van der Waals surface area (Å²) in [5, 5.41) is 0. The second kappa shape index (κ2) is 7.45. The van der Waals surface area contributed by atoms with Crippen LogP contribution in [-0.4, -0.2) is 25.2 Å². The largest absolute Gasteiger partial charge is 0.491 e. The van der Waals surface area contributed by atoms with Gasteiger partial charge in [0.25, 0.3) is 0 Å². The van der Waals surface area contributed by atoms with E-state index < -0.39 is 11.9 Å². The van der Waals surface area contributed by atoms with E-state index in [0.717, 1.165) is 0 Å². The standard InChI is InChI=1S/C18H18O5/c1-12(2)22-15-9-7-13(8-10-15)18(20)23-16-6-4-5-14(11-16)17(19)21-3/h4-12H,1-3H3. The molecular weight excluding hydrogens is 296 g/mol. The van der Waals surface area contributed by atoms with Gasteiger partial charge >= 0.3 is 11.9 Å².